The average molecular weight is 204 g/mol. The SMILES string of the molecule is NCC1=NC(Cc2ccccc2)C(=O)O1. The molecule has 4 nitrogen and oxygen atoms in total. The normalized spacial score (nSPS) is 19.9. The largest absolute Gasteiger partial charge is 0.409 e. The topological polar surface area (TPSA) is 64.7 Å². The fraction of sp³-hybridized carbons (Fsp3) is 0.273. The second-order valence-corrected chi connectivity index (χ2v) is 3.35. The van der Waals surface area contributed by atoms with Gasteiger partial charge in [-0.25, -0.2) is 9.79 Å². The summed E-state index contributed by atoms with van der Waals surface area (Å²) >= 11 is 0. The van der Waals surface area contributed by atoms with E-state index < -0.39 is 6.04 Å². The summed E-state index contributed by atoms with van der Waals surface area (Å²) in [6.07, 6.45) is 0.573. The van der Waals surface area contributed by atoms with E-state index in [1.807, 2.05) is 30.3 Å². The fourth-order valence-electron chi connectivity index (χ4n) is 1.50. The van der Waals surface area contributed by atoms with Crippen molar-refractivity contribution < 1.29 is 9.53 Å². The Bertz CT molecular complexity index is 387. The highest BCUT2D eigenvalue weighted by Crippen LogP contribution is 2.12. The lowest BCUT2D eigenvalue weighted by Gasteiger charge is -2.02. The van der Waals surface area contributed by atoms with E-state index in [0.717, 1.165) is 5.56 Å². The Hall–Kier alpha value is -1.68. The molecule has 1 aliphatic heterocycles. The van der Waals surface area contributed by atoms with E-state index in [9.17, 15) is 4.79 Å². The van der Waals surface area contributed by atoms with Crippen LogP contribution in [0.4, 0.5) is 0 Å². The van der Waals surface area contributed by atoms with Crippen LogP contribution in [0.15, 0.2) is 35.3 Å². The van der Waals surface area contributed by atoms with Gasteiger partial charge in [-0.2, -0.15) is 0 Å². The minimum Gasteiger partial charge on any atom is -0.409 e. The molecule has 0 amide bonds. The van der Waals surface area contributed by atoms with Gasteiger partial charge >= 0.3 is 5.97 Å². The smallest absolute Gasteiger partial charge is 0.337 e. The van der Waals surface area contributed by atoms with E-state index in [1.54, 1.807) is 0 Å². The van der Waals surface area contributed by atoms with Gasteiger partial charge in [-0.05, 0) is 5.56 Å². The third kappa shape index (κ3) is 2.22. The van der Waals surface area contributed by atoms with Gasteiger partial charge in [-0.15, -0.1) is 0 Å². The molecule has 1 unspecified atom stereocenters. The average Bonchev–Trinajstić information content (AvgIpc) is 2.61. The summed E-state index contributed by atoms with van der Waals surface area (Å²) in [7, 11) is 0. The standard InChI is InChI=1S/C11H12N2O2/c12-7-10-13-9(11(14)15-10)6-8-4-2-1-3-5-8/h1-5,9H,6-7,12H2. The zero-order valence-electron chi connectivity index (χ0n) is 8.22. The lowest BCUT2D eigenvalue weighted by molar-refractivity contribution is -0.135. The first kappa shape index (κ1) is 9.86. The molecule has 0 radical (unpaired) electrons. The Morgan fingerprint density at radius 3 is 2.67 bits per heavy atom. The van der Waals surface area contributed by atoms with Crippen LogP contribution in [0.2, 0.25) is 0 Å². The molecule has 0 saturated carbocycles. The molecule has 1 atom stereocenters. The number of nitrogens with zero attached hydrogens (tertiary/aromatic N) is 1. The zero-order chi connectivity index (χ0) is 10.7. The number of hydrogen-bond acceptors (Lipinski definition) is 4. The fourth-order valence-corrected chi connectivity index (χ4v) is 1.50. The van der Waals surface area contributed by atoms with E-state index in [-0.39, 0.29) is 12.5 Å². The van der Waals surface area contributed by atoms with Crippen LogP contribution >= 0.6 is 0 Å². The van der Waals surface area contributed by atoms with Crippen molar-refractivity contribution in [2.75, 3.05) is 6.54 Å². The van der Waals surface area contributed by atoms with E-state index in [2.05, 4.69) is 4.99 Å². The first-order chi connectivity index (χ1) is 7.29. The first-order valence-corrected chi connectivity index (χ1v) is 4.82. The lowest BCUT2D eigenvalue weighted by Crippen LogP contribution is -2.19. The molecule has 2 N–H and O–H groups in total. The summed E-state index contributed by atoms with van der Waals surface area (Å²) < 4.78 is 4.88. The monoisotopic (exact) mass is 204 g/mol. The van der Waals surface area contributed by atoms with Gasteiger partial charge in [-0.1, -0.05) is 30.3 Å². The van der Waals surface area contributed by atoms with Gasteiger partial charge < -0.3 is 10.5 Å². The van der Waals surface area contributed by atoms with Crippen LogP contribution in [0.25, 0.3) is 0 Å². The highest BCUT2D eigenvalue weighted by Gasteiger charge is 2.27. The maximum atomic E-state index is 11.4. The molecule has 78 valence electrons. The number of hydrogen-bond donors (Lipinski definition) is 1. The van der Waals surface area contributed by atoms with E-state index in [1.165, 1.54) is 0 Å². The van der Waals surface area contributed by atoms with Crippen molar-refractivity contribution in [2.24, 2.45) is 10.7 Å². The molecular formula is C11H12N2O2. The highest BCUT2D eigenvalue weighted by molar-refractivity contribution is 5.98. The molecule has 4 heteroatoms. The second-order valence-electron chi connectivity index (χ2n) is 3.35. The molecule has 15 heavy (non-hydrogen) atoms. The number of cyclic esters (lactones) is 1. The van der Waals surface area contributed by atoms with Crippen LogP contribution in [0.5, 0.6) is 0 Å². The molecule has 0 fully saturated rings. The van der Waals surface area contributed by atoms with E-state index >= 15 is 0 Å². The maximum Gasteiger partial charge on any atom is 0.337 e. The first-order valence-electron chi connectivity index (χ1n) is 4.82. The van der Waals surface area contributed by atoms with Gasteiger partial charge in [0.1, 0.15) is 0 Å². The van der Waals surface area contributed by atoms with Crippen molar-refractivity contribution >= 4 is 11.9 Å². The molecular weight excluding hydrogens is 192 g/mol. The highest BCUT2D eigenvalue weighted by atomic mass is 16.6. The Kier molecular flexibility index (Phi) is 2.78. The summed E-state index contributed by atoms with van der Waals surface area (Å²) in [5.74, 6) is 0.0280. The van der Waals surface area contributed by atoms with Crippen LogP contribution in [-0.4, -0.2) is 24.5 Å². The van der Waals surface area contributed by atoms with E-state index in [0.29, 0.717) is 12.3 Å². The van der Waals surface area contributed by atoms with Crippen LogP contribution in [0.1, 0.15) is 5.56 Å². The van der Waals surface area contributed by atoms with Crippen molar-refractivity contribution in [3.05, 3.63) is 35.9 Å². The number of aliphatic imine (C=N–C) groups is 1. The quantitative estimate of drug-likeness (QED) is 0.730. The maximum absolute atomic E-state index is 11.4. The number of ether oxygens (including phenoxy) is 1. The number of benzene rings is 1. The number of carbonyl (C=O) groups excluding carboxylic acids is 1. The number of carbonyl (C=O) groups is 1. The van der Waals surface area contributed by atoms with Gasteiger partial charge in [-0.3, -0.25) is 0 Å². The molecule has 0 aromatic heterocycles. The molecule has 0 saturated heterocycles. The summed E-state index contributed by atoms with van der Waals surface area (Å²) in [5, 5.41) is 0. The molecule has 0 bridgehead atoms. The Balaban J connectivity index is 2.07. The van der Waals surface area contributed by atoms with Gasteiger partial charge in [0.2, 0.25) is 5.90 Å². The number of rotatable bonds is 3. The van der Waals surface area contributed by atoms with Crippen molar-refractivity contribution in [1.82, 2.24) is 0 Å². The zero-order valence-corrected chi connectivity index (χ0v) is 8.22. The Labute approximate surface area is 87.8 Å². The molecule has 1 aromatic carbocycles. The van der Waals surface area contributed by atoms with Crippen LogP contribution in [0, 0.1) is 0 Å². The Morgan fingerprint density at radius 2 is 2.07 bits per heavy atom. The third-order valence-corrected chi connectivity index (χ3v) is 2.24. The molecule has 1 aromatic rings. The van der Waals surface area contributed by atoms with Crippen LogP contribution in [0.3, 0.4) is 0 Å². The van der Waals surface area contributed by atoms with Gasteiger partial charge in [0, 0.05) is 6.42 Å². The summed E-state index contributed by atoms with van der Waals surface area (Å²) in [6.45, 7) is 0.178. The van der Waals surface area contributed by atoms with Crippen LogP contribution in [-0.2, 0) is 16.0 Å². The second kappa shape index (κ2) is 4.23. The lowest BCUT2D eigenvalue weighted by atomic mass is 10.1. The third-order valence-electron chi connectivity index (χ3n) is 2.24. The predicted octanol–water partition coefficient (Wildman–Crippen LogP) is 0.512. The minimum absolute atomic E-state index is 0.178. The van der Waals surface area contributed by atoms with Crippen LogP contribution < -0.4 is 5.73 Å². The number of esters is 1. The predicted molar refractivity (Wildman–Crippen MR) is 56.5 cm³/mol. The van der Waals surface area contributed by atoms with Crippen molar-refractivity contribution in [1.29, 1.82) is 0 Å². The summed E-state index contributed by atoms with van der Waals surface area (Å²) in [6, 6.07) is 9.30. The molecule has 0 aliphatic carbocycles. The van der Waals surface area contributed by atoms with E-state index in [4.69, 9.17) is 10.5 Å². The summed E-state index contributed by atoms with van der Waals surface area (Å²) in [5.41, 5.74) is 6.41. The molecule has 2 rings (SSSR count). The van der Waals surface area contributed by atoms with Crippen molar-refractivity contribution in [2.45, 2.75) is 12.5 Å². The van der Waals surface area contributed by atoms with Gasteiger partial charge in [0.15, 0.2) is 6.04 Å². The molecule has 0 spiro atoms. The molecule has 1 aliphatic rings. The van der Waals surface area contributed by atoms with Crippen molar-refractivity contribution in [3.8, 4) is 0 Å². The Morgan fingerprint density at radius 1 is 1.33 bits per heavy atom. The molecule has 1 heterocycles. The summed E-state index contributed by atoms with van der Waals surface area (Å²) in [4.78, 5) is 15.5. The minimum atomic E-state index is -0.425. The number of nitrogens with two attached hydrogens (primary N) is 1. The van der Waals surface area contributed by atoms with Gasteiger partial charge in [0.25, 0.3) is 0 Å². The van der Waals surface area contributed by atoms with Crippen molar-refractivity contribution in [3.63, 3.8) is 0 Å². The van der Waals surface area contributed by atoms with Gasteiger partial charge in [0.05, 0.1) is 6.54 Å².